The summed E-state index contributed by atoms with van der Waals surface area (Å²) >= 11 is 3.58. The molecule has 1 unspecified atom stereocenters. The largest absolute Gasteiger partial charge is 0.346 e. The molecule has 1 aromatic carbocycles. The Hall–Kier alpha value is -0.830. The van der Waals surface area contributed by atoms with Crippen molar-refractivity contribution in [3.8, 4) is 0 Å². The first kappa shape index (κ1) is 17.2. The summed E-state index contributed by atoms with van der Waals surface area (Å²) in [5, 5.41) is 3.15. The molecule has 0 fully saturated rings. The quantitative estimate of drug-likeness (QED) is 0.752. The van der Waals surface area contributed by atoms with E-state index in [-0.39, 0.29) is 21.7 Å². The van der Waals surface area contributed by atoms with E-state index in [0.717, 1.165) is 18.4 Å². The van der Waals surface area contributed by atoms with Gasteiger partial charge in [0.05, 0.1) is 10.4 Å². The summed E-state index contributed by atoms with van der Waals surface area (Å²) in [4.78, 5) is 12.3. The van der Waals surface area contributed by atoms with Gasteiger partial charge in [0, 0.05) is 0 Å². The van der Waals surface area contributed by atoms with Crippen molar-refractivity contribution in [3.05, 3.63) is 35.9 Å². The summed E-state index contributed by atoms with van der Waals surface area (Å²) in [7, 11) is 0. The third-order valence-corrected chi connectivity index (χ3v) is 5.40. The van der Waals surface area contributed by atoms with Crippen LogP contribution in [-0.2, 0) is 10.3 Å². The summed E-state index contributed by atoms with van der Waals surface area (Å²) in [5.41, 5.74) is 0.694. The van der Waals surface area contributed by atoms with Gasteiger partial charge in [-0.2, -0.15) is 0 Å². The van der Waals surface area contributed by atoms with Gasteiger partial charge in [-0.05, 0) is 31.2 Å². The van der Waals surface area contributed by atoms with Gasteiger partial charge in [-0.15, -0.1) is 0 Å². The van der Waals surface area contributed by atoms with Gasteiger partial charge in [0.25, 0.3) is 0 Å². The Labute approximate surface area is 131 Å². The number of rotatable bonds is 6. The minimum Gasteiger partial charge on any atom is -0.346 e. The number of amides is 1. The van der Waals surface area contributed by atoms with E-state index in [1.807, 2.05) is 44.2 Å². The van der Waals surface area contributed by atoms with Crippen molar-refractivity contribution >= 4 is 21.8 Å². The third kappa shape index (κ3) is 4.34. The topological polar surface area (TPSA) is 29.1 Å². The number of hydrogen-bond acceptors (Lipinski definition) is 1. The zero-order valence-corrected chi connectivity index (χ0v) is 14.8. The number of nitrogens with one attached hydrogen (secondary N) is 1. The zero-order valence-electron chi connectivity index (χ0n) is 13.2. The number of alkyl halides is 1. The molecule has 0 bridgehead atoms. The number of benzene rings is 1. The lowest BCUT2D eigenvalue weighted by Crippen LogP contribution is -2.48. The van der Waals surface area contributed by atoms with E-state index in [1.54, 1.807) is 0 Å². The molecule has 3 heteroatoms. The third-order valence-electron chi connectivity index (χ3n) is 3.74. The second-order valence-electron chi connectivity index (χ2n) is 6.58. The molecule has 20 heavy (non-hydrogen) atoms. The Morgan fingerprint density at radius 3 is 2.25 bits per heavy atom. The molecule has 0 aromatic heterocycles. The fourth-order valence-corrected chi connectivity index (χ4v) is 2.77. The molecule has 0 saturated carbocycles. The number of carbonyl (C=O) groups excluding carboxylic acids is 1. The van der Waals surface area contributed by atoms with Crippen molar-refractivity contribution in [1.82, 2.24) is 5.32 Å². The van der Waals surface area contributed by atoms with Crippen LogP contribution in [0.1, 0.15) is 53.0 Å². The first-order valence-electron chi connectivity index (χ1n) is 7.22. The van der Waals surface area contributed by atoms with Crippen LogP contribution in [-0.4, -0.2) is 10.7 Å². The average molecular weight is 340 g/mol. The molecule has 2 nitrogen and oxygen atoms in total. The van der Waals surface area contributed by atoms with Crippen molar-refractivity contribution in [1.29, 1.82) is 0 Å². The molecule has 0 aliphatic rings. The molecule has 0 aliphatic heterocycles. The van der Waals surface area contributed by atoms with Crippen LogP contribution in [0.3, 0.4) is 0 Å². The molecular formula is C17H26BrNO. The Morgan fingerprint density at radius 1 is 1.20 bits per heavy atom. The van der Waals surface area contributed by atoms with Crippen LogP contribution in [0.15, 0.2) is 30.3 Å². The second kappa shape index (κ2) is 6.75. The van der Waals surface area contributed by atoms with Gasteiger partial charge in [-0.3, -0.25) is 4.79 Å². The number of hydrogen-bond donors (Lipinski definition) is 1. The monoisotopic (exact) mass is 339 g/mol. The molecule has 112 valence electrons. The molecule has 0 radical (unpaired) electrons. The van der Waals surface area contributed by atoms with Crippen LogP contribution >= 0.6 is 15.9 Å². The van der Waals surface area contributed by atoms with Gasteiger partial charge in [0.15, 0.2) is 0 Å². The van der Waals surface area contributed by atoms with Crippen LogP contribution in [0.25, 0.3) is 0 Å². The minimum absolute atomic E-state index is 0.0500. The van der Waals surface area contributed by atoms with E-state index >= 15 is 0 Å². The fourth-order valence-electron chi connectivity index (χ4n) is 2.42. The average Bonchev–Trinajstić information content (AvgIpc) is 2.38. The van der Waals surface area contributed by atoms with E-state index in [0.29, 0.717) is 0 Å². The van der Waals surface area contributed by atoms with Crippen molar-refractivity contribution < 1.29 is 4.79 Å². The van der Waals surface area contributed by atoms with Crippen molar-refractivity contribution in [2.45, 2.75) is 57.8 Å². The van der Waals surface area contributed by atoms with E-state index in [1.165, 1.54) is 0 Å². The summed E-state index contributed by atoms with van der Waals surface area (Å²) < 4.78 is 0. The highest BCUT2D eigenvalue weighted by atomic mass is 79.9. The molecule has 1 atom stereocenters. The maximum atomic E-state index is 12.5. The number of carbonyl (C=O) groups is 1. The van der Waals surface area contributed by atoms with Gasteiger partial charge < -0.3 is 5.32 Å². The van der Waals surface area contributed by atoms with Crippen LogP contribution in [0, 0.1) is 5.41 Å². The normalized spacial score (nSPS) is 13.9. The highest BCUT2D eigenvalue weighted by Crippen LogP contribution is 2.33. The summed E-state index contributed by atoms with van der Waals surface area (Å²) in [6, 6.07) is 10.1. The Balaban J connectivity index is 2.80. The lowest BCUT2D eigenvalue weighted by molar-refractivity contribution is -0.123. The predicted molar refractivity (Wildman–Crippen MR) is 89.0 cm³/mol. The summed E-state index contributed by atoms with van der Waals surface area (Å²) in [6.45, 7) is 10.5. The summed E-state index contributed by atoms with van der Waals surface area (Å²) in [6.07, 6.45) is 2.09. The van der Waals surface area contributed by atoms with Crippen molar-refractivity contribution in [2.75, 3.05) is 0 Å². The lowest BCUT2D eigenvalue weighted by atomic mass is 9.83. The first-order valence-corrected chi connectivity index (χ1v) is 8.14. The standard InChI is InChI=1S/C17H26BrNO/c1-6-12-16(2,3)14(18)15(20)19-17(4,5)13-10-8-7-9-11-13/h7-11,14H,6,12H2,1-5H3,(H,19,20). The second-order valence-corrected chi connectivity index (χ2v) is 7.50. The zero-order chi connectivity index (χ0) is 15.4. The highest BCUT2D eigenvalue weighted by Gasteiger charge is 2.35. The predicted octanol–water partition coefficient (Wildman–Crippen LogP) is 4.63. The maximum absolute atomic E-state index is 12.5. The molecule has 1 N–H and O–H groups in total. The van der Waals surface area contributed by atoms with Gasteiger partial charge in [0.1, 0.15) is 0 Å². The molecule has 0 aliphatic carbocycles. The Bertz CT molecular complexity index is 440. The van der Waals surface area contributed by atoms with Gasteiger partial charge in [-0.25, -0.2) is 0 Å². The molecule has 1 amide bonds. The van der Waals surface area contributed by atoms with Gasteiger partial charge >= 0.3 is 0 Å². The number of halogens is 1. The Morgan fingerprint density at radius 2 is 1.75 bits per heavy atom. The molecular weight excluding hydrogens is 314 g/mol. The van der Waals surface area contributed by atoms with Crippen molar-refractivity contribution in [3.63, 3.8) is 0 Å². The molecule has 1 rings (SSSR count). The van der Waals surface area contributed by atoms with Crippen LogP contribution < -0.4 is 5.32 Å². The first-order chi connectivity index (χ1) is 9.20. The van der Waals surface area contributed by atoms with Crippen LogP contribution in [0.4, 0.5) is 0 Å². The SMILES string of the molecule is CCCC(C)(C)C(Br)C(=O)NC(C)(C)c1ccccc1. The molecule has 0 spiro atoms. The minimum atomic E-state index is -0.368. The van der Waals surface area contributed by atoms with Crippen LogP contribution in [0.2, 0.25) is 0 Å². The van der Waals surface area contributed by atoms with E-state index in [4.69, 9.17) is 0 Å². The van der Waals surface area contributed by atoms with Crippen molar-refractivity contribution in [2.24, 2.45) is 5.41 Å². The molecule has 0 saturated heterocycles. The Kier molecular flexibility index (Phi) is 5.81. The van der Waals surface area contributed by atoms with E-state index in [2.05, 4.69) is 42.0 Å². The van der Waals surface area contributed by atoms with E-state index < -0.39 is 0 Å². The fraction of sp³-hybridized carbons (Fsp3) is 0.588. The van der Waals surface area contributed by atoms with E-state index in [9.17, 15) is 4.79 Å². The molecule has 1 aromatic rings. The lowest BCUT2D eigenvalue weighted by Gasteiger charge is -2.33. The maximum Gasteiger partial charge on any atom is 0.235 e. The van der Waals surface area contributed by atoms with Crippen LogP contribution in [0.5, 0.6) is 0 Å². The highest BCUT2D eigenvalue weighted by molar-refractivity contribution is 9.10. The smallest absolute Gasteiger partial charge is 0.235 e. The molecule has 0 heterocycles. The van der Waals surface area contributed by atoms with Gasteiger partial charge in [0.2, 0.25) is 5.91 Å². The summed E-state index contributed by atoms with van der Waals surface area (Å²) in [5.74, 6) is 0.0531. The van der Waals surface area contributed by atoms with Gasteiger partial charge in [-0.1, -0.05) is 73.5 Å².